The Labute approximate surface area is 170 Å². The van der Waals surface area contributed by atoms with E-state index in [0.717, 1.165) is 10.0 Å². The monoisotopic (exact) mass is 446 g/mol. The third kappa shape index (κ3) is 3.79. The van der Waals surface area contributed by atoms with Gasteiger partial charge in [0.2, 0.25) is 5.91 Å². The molecule has 1 unspecified atom stereocenters. The van der Waals surface area contributed by atoms with E-state index in [-0.39, 0.29) is 0 Å². The lowest BCUT2D eigenvalue weighted by Crippen LogP contribution is -2.66. The van der Waals surface area contributed by atoms with Gasteiger partial charge in [-0.25, -0.2) is 0 Å². The highest BCUT2D eigenvalue weighted by molar-refractivity contribution is 9.10. The molecule has 0 bridgehead atoms. The summed E-state index contributed by atoms with van der Waals surface area (Å²) in [4.78, 5) is 38.7. The summed E-state index contributed by atoms with van der Waals surface area (Å²) in [6.45, 7) is -0.438. The number of hydrogen-bond acceptors (Lipinski definition) is 4. The van der Waals surface area contributed by atoms with E-state index in [1.807, 2.05) is 0 Å². The van der Waals surface area contributed by atoms with Gasteiger partial charge in [-0.1, -0.05) is 58.4 Å². The fourth-order valence-electron chi connectivity index (χ4n) is 3.62. The zero-order chi connectivity index (χ0) is 20.4. The van der Waals surface area contributed by atoms with Gasteiger partial charge in [0.1, 0.15) is 18.6 Å². The van der Waals surface area contributed by atoms with E-state index >= 15 is 0 Å². The third-order valence-corrected chi connectivity index (χ3v) is 5.41. The second-order valence-electron chi connectivity index (χ2n) is 6.62. The first-order valence-electron chi connectivity index (χ1n) is 8.58. The molecule has 3 rings (SSSR count). The van der Waals surface area contributed by atoms with Crippen LogP contribution in [0.3, 0.4) is 0 Å². The summed E-state index contributed by atoms with van der Waals surface area (Å²) in [5.41, 5.74) is 1.30. The molecule has 146 valence electrons. The number of rotatable bonds is 7. The number of carboxylic acid groups (broad SMARTS) is 2. The molecule has 1 aliphatic heterocycles. The van der Waals surface area contributed by atoms with E-state index < -0.39 is 42.5 Å². The number of carbonyl (C=O) groups is 3. The van der Waals surface area contributed by atoms with Crippen LogP contribution in [0.5, 0.6) is 0 Å². The number of halogens is 1. The quantitative estimate of drug-likeness (QED) is 0.634. The molecular weight excluding hydrogens is 428 g/mol. The van der Waals surface area contributed by atoms with E-state index in [1.165, 1.54) is 9.80 Å². The zero-order valence-corrected chi connectivity index (χ0v) is 16.6. The van der Waals surface area contributed by atoms with Crippen LogP contribution in [0, 0.1) is 0 Å². The molecule has 0 radical (unpaired) electrons. The molecule has 1 amide bonds. The van der Waals surface area contributed by atoms with E-state index in [0.29, 0.717) is 5.56 Å². The maximum Gasteiger partial charge on any atom is 0.325 e. The molecule has 8 heteroatoms. The van der Waals surface area contributed by atoms with Crippen molar-refractivity contribution in [1.82, 2.24) is 9.80 Å². The fraction of sp³-hybridized carbons (Fsp3) is 0.250. The van der Waals surface area contributed by atoms with Gasteiger partial charge >= 0.3 is 11.9 Å². The average molecular weight is 447 g/mol. The first-order chi connectivity index (χ1) is 13.3. The lowest BCUT2D eigenvalue weighted by molar-refractivity contribution is -0.169. The van der Waals surface area contributed by atoms with Gasteiger partial charge in [-0.15, -0.1) is 0 Å². The molecule has 3 atom stereocenters. The van der Waals surface area contributed by atoms with E-state index in [2.05, 4.69) is 15.9 Å². The second-order valence-corrected chi connectivity index (χ2v) is 7.53. The smallest absolute Gasteiger partial charge is 0.325 e. The number of benzene rings is 2. The van der Waals surface area contributed by atoms with Crippen LogP contribution in [0.25, 0.3) is 0 Å². The van der Waals surface area contributed by atoms with Gasteiger partial charge in [-0.05, 0) is 30.3 Å². The maximum atomic E-state index is 12.8. The Morgan fingerprint density at radius 1 is 1.11 bits per heavy atom. The number of aliphatic carboxylic acids is 2. The average Bonchev–Trinajstić information content (AvgIpc) is 2.65. The zero-order valence-electron chi connectivity index (χ0n) is 15.0. The molecule has 7 nitrogen and oxygen atoms in total. The Hall–Kier alpha value is -2.71. The maximum absolute atomic E-state index is 12.8. The summed E-state index contributed by atoms with van der Waals surface area (Å²) in [6, 6.07) is 13.5. The van der Waals surface area contributed by atoms with Crippen LogP contribution in [0.15, 0.2) is 59.1 Å². The van der Waals surface area contributed by atoms with Crippen molar-refractivity contribution in [1.29, 1.82) is 0 Å². The molecule has 2 N–H and O–H groups in total. The van der Waals surface area contributed by atoms with Crippen LogP contribution in [0.2, 0.25) is 0 Å². The highest BCUT2D eigenvalue weighted by Gasteiger charge is 2.53. The first-order valence-corrected chi connectivity index (χ1v) is 9.38. The number of likely N-dealkylation sites (tertiary alicyclic amines) is 1. The molecule has 2 aromatic carbocycles. The molecule has 28 heavy (non-hydrogen) atoms. The van der Waals surface area contributed by atoms with Crippen LogP contribution in [0.1, 0.15) is 23.2 Å². The SMILES string of the molecule is CN(C(C(=O)O)c1ccccc1)[C@@H]1C(=O)N(CC(=O)O)[C@@H]1c1ccc(Br)cc1. The number of β-lactam (4-membered cyclic amide) rings is 1. The molecule has 0 spiro atoms. The molecule has 1 aliphatic rings. The summed E-state index contributed by atoms with van der Waals surface area (Å²) in [7, 11) is 1.58. The van der Waals surface area contributed by atoms with Crippen LogP contribution >= 0.6 is 15.9 Å². The van der Waals surface area contributed by atoms with Crippen molar-refractivity contribution in [2.24, 2.45) is 0 Å². The standard InChI is InChI=1S/C20H19BrN2O5/c1-22(17(20(27)28)12-5-3-2-4-6-12)18-16(13-7-9-14(21)10-8-13)23(19(18)26)11-15(24)25/h2-10,16-18H,11H2,1H3,(H,24,25)(H,27,28)/t16-,17?,18+/m1/s1. The predicted octanol–water partition coefficient (Wildman–Crippen LogP) is 2.54. The van der Waals surface area contributed by atoms with Gasteiger partial charge in [-0.2, -0.15) is 0 Å². The topological polar surface area (TPSA) is 98.2 Å². The first kappa shape index (κ1) is 20.0. The fourth-order valence-corrected chi connectivity index (χ4v) is 3.88. The van der Waals surface area contributed by atoms with Crippen LogP contribution < -0.4 is 0 Å². The van der Waals surface area contributed by atoms with E-state index in [9.17, 15) is 19.5 Å². The Morgan fingerprint density at radius 2 is 1.71 bits per heavy atom. The Balaban J connectivity index is 1.97. The summed E-state index contributed by atoms with van der Waals surface area (Å²) in [5.74, 6) is -2.60. The highest BCUT2D eigenvalue weighted by atomic mass is 79.9. The molecule has 2 aromatic rings. The second kappa shape index (κ2) is 8.12. The number of hydrogen-bond donors (Lipinski definition) is 2. The minimum absolute atomic E-state index is 0.403. The Morgan fingerprint density at radius 3 is 2.25 bits per heavy atom. The van der Waals surface area contributed by atoms with E-state index in [4.69, 9.17) is 5.11 Å². The number of nitrogens with zero attached hydrogens (tertiary/aromatic N) is 2. The lowest BCUT2D eigenvalue weighted by atomic mass is 9.86. The molecule has 1 saturated heterocycles. The van der Waals surface area contributed by atoms with Gasteiger partial charge in [0.25, 0.3) is 0 Å². The van der Waals surface area contributed by atoms with Gasteiger partial charge in [-0.3, -0.25) is 19.3 Å². The van der Waals surface area contributed by atoms with Crippen molar-refractivity contribution in [2.45, 2.75) is 18.1 Å². The Bertz CT molecular complexity index is 887. The van der Waals surface area contributed by atoms with Gasteiger partial charge in [0.15, 0.2) is 0 Å². The Kier molecular flexibility index (Phi) is 5.81. The van der Waals surface area contributed by atoms with Gasteiger partial charge in [0, 0.05) is 4.47 Å². The van der Waals surface area contributed by atoms with Crippen LogP contribution in [0.4, 0.5) is 0 Å². The van der Waals surface area contributed by atoms with Crippen molar-refractivity contribution in [3.05, 3.63) is 70.2 Å². The van der Waals surface area contributed by atoms with Crippen LogP contribution in [-0.4, -0.2) is 57.5 Å². The highest BCUT2D eigenvalue weighted by Crippen LogP contribution is 2.40. The van der Waals surface area contributed by atoms with Crippen molar-refractivity contribution < 1.29 is 24.6 Å². The number of amides is 1. The molecule has 0 saturated carbocycles. The molecule has 0 aromatic heterocycles. The molecule has 1 fully saturated rings. The molecule has 1 heterocycles. The summed E-state index contributed by atoms with van der Waals surface area (Å²) >= 11 is 3.36. The summed E-state index contributed by atoms with van der Waals surface area (Å²) in [6.07, 6.45) is 0. The van der Waals surface area contributed by atoms with E-state index in [1.54, 1.807) is 61.6 Å². The van der Waals surface area contributed by atoms with Crippen molar-refractivity contribution in [3.63, 3.8) is 0 Å². The normalized spacial score (nSPS) is 20.0. The van der Waals surface area contributed by atoms with Gasteiger partial charge < -0.3 is 15.1 Å². The minimum Gasteiger partial charge on any atom is -0.480 e. The number of carboxylic acids is 2. The number of carbonyl (C=O) groups excluding carboxylic acids is 1. The van der Waals surface area contributed by atoms with Crippen molar-refractivity contribution in [3.8, 4) is 0 Å². The number of likely N-dealkylation sites (N-methyl/N-ethyl adjacent to an activating group) is 1. The van der Waals surface area contributed by atoms with Gasteiger partial charge in [0.05, 0.1) is 6.04 Å². The minimum atomic E-state index is -1.12. The van der Waals surface area contributed by atoms with Crippen LogP contribution in [-0.2, 0) is 14.4 Å². The summed E-state index contributed by atoms with van der Waals surface area (Å²) < 4.78 is 0.851. The summed E-state index contributed by atoms with van der Waals surface area (Å²) in [5, 5.41) is 19.0. The lowest BCUT2D eigenvalue weighted by Gasteiger charge is -2.51. The largest absolute Gasteiger partial charge is 0.480 e. The molecular formula is C20H19BrN2O5. The van der Waals surface area contributed by atoms with Crippen molar-refractivity contribution in [2.75, 3.05) is 13.6 Å². The van der Waals surface area contributed by atoms with Crippen molar-refractivity contribution >= 4 is 33.8 Å². The third-order valence-electron chi connectivity index (χ3n) is 4.88. The predicted molar refractivity (Wildman–Crippen MR) is 105 cm³/mol. The molecule has 0 aliphatic carbocycles.